The van der Waals surface area contributed by atoms with Crippen LogP contribution < -0.4 is 10.6 Å². The van der Waals surface area contributed by atoms with Gasteiger partial charge in [-0.3, -0.25) is 10.00 Å². The number of amides is 1. The van der Waals surface area contributed by atoms with Gasteiger partial charge in [0.05, 0.1) is 39.4 Å². The summed E-state index contributed by atoms with van der Waals surface area (Å²) in [5.74, 6) is 4.51. The Hall–Kier alpha value is -5.20. The minimum absolute atomic E-state index is 0.0339. The third-order valence-electron chi connectivity index (χ3n) is 6.73. The zero-order valence-electron chi connectivity index (χ0n) is 24.6. The lowest BCUT2D eigenvalue weighted by Gasteiger charge is -2.15. The first kappa shape index (κ1) is 32.2. The van der Waals surface area contributed by atoms with Crippen LogP contribution >= 0.6 is 11.3 Å². The molecule has 0 saturated carbocycles. The highest BCUT2D eigenvalue weighted by Gasteiger charge is 2.38. The molecule has 1 amide bonds. The van der Waals surface area contributed by atoms with E-state index < -0.39 is 12.1 Å². The summed E-state index contributed by atoms with van der Waals surface area (Å²) in [5.41, 5.74) is 4.05. The zero-order chi connectivity index (χ0) is 32.8. The van der Waals surface area contributed by atoms with Crippen molar-refractivity contribution < 1.29 is 32.6 Å². The van der Waals surface area contributed by atoms with Crippen molar-refractivity contribution in [2.24, 2.45) is 0 Å². The van der Waals surface area contributed by atoms with E-state index in [-0.39, 0.29) is 18.2 Å². The van der Waals surface area contributed by atoms with Crippen molar-refractivity contribution in [1.29, 1.82) is 0 Å². The van der Waals surface area contributed by atoms with Gasteiger partial charge in [-0.25, -0.2) is 19.6 Å². The third kappa shape index (κ3) is 8.09. The number of alkyl halides is 3. The molecule has 5 aromatic rings. The number of aliphatic carboxylic acids is 1. The number of rotatable bonds is 5. The van der Waals surface area contributed by atoms with E-state index in [1.165, 1.54) is 10.5 Å². The summed E-state index contributed by atoms with van der Waals surface area (Å²) < 4.78 is 40.1. The number of aromatic nitrogens is 4. The second-order valence-corrected chi connectivity index (χ2v) is 11.5. The first-order valence-corrected chi connectivity index (χ1v) is 14.7. The second-order valence-electron chi connectivity index (χ2n) is 10.4. The van der Waals surface area contributed by atoms with Gasteiger partial charge >= 0.3 is 18.2 Å². The Kier molecular flexibility index (Phi) is 9.69. The van der Waals surface area contributed by atoms with Gasteiger partial charge in [-0.05, 0) is 29.8 Å². The number of thiophene rings is 1. The number of carbonyl (C=O) groups is 2. The number of anilines is 2. The molecule has 6 rings (SSSR count). The smallest absolute Gasteiger partial charge is 0.475 e. The molecule has 1 saturated heterocycles. The minimum Gasteiger partial charge on any atom is -0.475 e. The van der Waals surface area contributed by atoms with Crippen molar-refractivity contribution in [3.63, 3.8) is 0 Å². The Morgan fingerprint density at radius 1 is 1.17 bits per heavy atom. The average Bonchev–Trinajstić information content (AvgIpc) is 3.75. The molecule has 11 nitrogen and oxygen atoms in total. The summed E-state index contributed by atoms with van der Waals surface area (Å²) in [6, 6.07) is 18.5. The highest BCUT2D eigenvalue weighted by Crippen LogP contribution is 2.31. The van der Waals surface area contributed by atoms with Gasteiger partial charge in [0.1, 0.15) is 12.4 Å². The van der Waals surface area contributed by atoms with Crippen LogP contribution in [-0.4, -0.2) is 80.8 Å². The number of benzene rings is 2. The van der Waals surface area contributed by atoms with Gasteiger partial charge < -0.3 is 20.1 Å². The first-order chi connectivity index (χ1) is 22.0. The monoisotopic (exact) mass is 651 g/mol. The molecule has 0 bridgehead atoms. The normalized spacial score (nSPS) is 15.8. The molecule has 0 spiro atoms. The summed E-state index contributed by atoms with van der Waals surface area (Å²) in [5, 5.41) is 19.5. The molecule has 3 N–H and O–H groups in total. The Balaban J connectivity index is 0.000000537. The maximum atomic E-state index is 11.8. The van der Waals surface area contributed by atoms with Crippen molar-refractivity contribution in [2.75, 3.05) is 26.0 Å². The first-order valence-electron chi connectivity index (χ1n) is 13.9. The third-order valence-corrected chi connectivity index (χ3v) is 7.77. The van der Waals surface area contributed by atoms with Crippen LogP contribution in [0.1, 0.15) is 16.9 Å². The molecule has 0 radical (unpaired) electrons. The highest BCUT2D eigenvalue weighted by atomic mass is 32.1. The van der Waals surface area contributed by atoms with E-state index in [9.17, 15) is 18.0 Å². The highest BCUT2D eigenvalue weighted by molar-refractivity contribution is 7.20. The summed E-state index contributed by atoms with van der Waals surface area (Å²) in [6.07, 6.45) is -1.48. The predicted octanol–water partition coefficient (Wildman–Crippen LogP) is 5.25. The Morgan fingerprint density at radius 3 is 2.65 bits per heavy atom. The fourth-order valence-electron chi connectivity index (χ4n) is 4.50. The molecule has 15 heteroatoms. The minimum atomic E-state index is -5.08. The van der Waals surface area contributed by atoms with Crippen LogP contribution in [0.25, 0.3) is 21.1 Å². The zero-order valence-corrected chi connectivity index (χ0v) is 25.4. The van der Waals surface area contributed by atoms with Crippen LogP contribution in [0.15, 0.2) is 67.1 Å². The SMILES string of the molecule is CN(C)C(=O)O[C@H]1CN[C@@H](C#Cc2cc3ncnc(Nc4ccc5c(cnn5Cc5ccccc5)c4)c3s2)C1.O=C(O)C(F)(F)F. The molecule has 2 aromatic carbocycles. The van der Waals surface area contributed by atoms with E-state index in [4.69, 9.17) is 14.6 Å². The molecule has 2 atom stereocenters. The summed E-state index contributed by atoms with van der Waals surface area (Å²) in [6.45, 7) is 1.32. The Bertz CT molecular complexity index is 1920. The number of carbonyl (C=O) groups excluding carboxylic acids is 1. The molecular weight excluding hydrogens is 623 g/mol. The summed E-state index contributed by atoms with van der Waals surface area (Å²) >= 11 is 1.55. The van der Waals surface area contributed by atoms with Crippen molar-refractivity contribution in [1.82, 2.24) is 30.0 Å². The average molecular weight is 652 g/mol. The Labute approximate surface area is 265 Å². The van der Waals surface area contributed by atoms with Gasteiger partial charge in [0.25, 0.3) is 0 Å². The molecular formula is C31H28F3N7O4S. The molecule has 4 heterocycles. The van der Waals surface area contributed by atoms with Crippen LogP contribution in [0.4, 0.5) is 29.5 Å². The fraction of sp³-hybridized carbons (Fsp3) is 0.258. The van der Waals surface area contributed by atoms with E-state index >= 15 is 0 Å². The molecule has 1 aliphatic heterocycles. The number of hydrogen-bond acceptors (Lipinski definition) is 9. The number of hydrogen-bond donors (Lipinski definition) is 3. The van der Waals surface area contributed by atoms with Gasteiger partial charge in [-0.2, -0.15) is 18.3 Å². The fourth-order valence-corrected chi connectivity index (χ4v) is 5.42. The van der Waals surface area contributed by atoms with Crippen LogP contribution in [-0.2, 0) is 16.1 Å². The van der Waals surface area contributed by atoms with Gasteiger partial charge in [-0.15, -0.1) is 11.3 Å². The largest absolute Gasteiger partial charge is 0.490 e. The van der Waals surface area contributed by atoms with Gasteiger partial charge in [0, 0.05) is 38.1 Å². The number of halogens is 3. The molecule has 3 aromatic heterocycles. The van der Waals surface area contributed by atoms with E-state index in [1.807, 2.05) is 41.2 Å². The molecule has 238 valence electrons. The van der Waals surface area contributed by atoms with Crippen LogP contribution in [0.3, 0.4) is 0 Å². The molecule has 0 unspecified atom stereocenters. The van der Waals surface area contributed by atoms with Crippen LogP contribution in [0.2, 0.25) is 0 Å². The van der Waals surface area contributed by atoms with Crippen molar-refractivity contribution >= 4 is 56.0 Å². The Morgan fingerprint density at radius 2 is 1.93 bits per heavy atom. The number of nitrogens with one attached hydrogen (secondary N) is 2. The number of carboxylic acid groups (broad SMARTS) is 1. The number of nitrogens with zero attached hydrogens (tertiary/aromatic N) is 5. The van der Waals surface area contributed by atoms with Crippen molar-refractivity contribution in [2.45, 2.75) is 31.3 Å². The predicted molar refractivity (Wildman–Crippen MR) is 167 cm³/mol. The lowest BCUT2D eigenvalue weighted by Crippen LogP contribution is -2.29. The van der Waals surface area contributed by atoms with Crippen LogP contribution in [0.5, 0.6) is 0 Å². The van der Waals surface area contributed by atoms with E-state index in [0.717, 1.165) is 44.0 Å². The van der Waals surface area contributed by atoms with E-state index in [0.29, 0.717) is 13.0 Å². The van der Waals surface area contributed by atoms with Gasteiger partial charge in [-0.1, -0.05) is 42.2 Å². The maximum Gasteiger partial charge on any atom is 0.490 e. The maximum absolute atomic E-state index is 11.8. The van der Waals surface area contributed by atoms with E-state index in [1.54, 1.807) is 31.8 Å². The number of carboxylic acids is 1. The number of ether oxygens (including phenoxy) is 1. The lowest BCUT2D eigenvalue weighted by atomic mass is 10.2. The van der Waals surface area contributed by atoms with E-state index in [2.05, 4.69) is 61.8 Å². The standard InChI is InChI=1S/C29H27N7O2S.C2HF3O2/c1-35(2)29(37)38-23-13-21(30-16-23)8-10-24-14-25-27(39-24)28(32-18-31-25)34-22-9-11-26-20(12-22)15-33-36(26)17-19-6-4-3-5-7-19;3-2(4,5)1(6)7/h3-7,9,11-12,14-15,18,21,23,30H,13,16-17H2,1-2H3,(H,31,32,34);(H,6,7)/t21-,23+;/m0./s1. The lowest BCUT2D eigenvalue weighted by molar-refractivity contribution is -0.192. The number of fused-ring (bicyclic) bond motifs is 2. The van der Waals surface area contributed by atoms with Gasteiger partial charge in [0.2, 0.25) is 0 Å². The topological polar surface area (TPSA) is 134 Å². The van der Waals surface area contributed by atoms with Gasteiger partial charge in [0.15, 0.2) is 5.82 Å². The molecule has 0 aliphatic carbocycles. The second kappa shape index (κ2) is 13.8. The van der Waals surface area contributed by atoms with Crippen molar-refractivity contribution in [3.8, 4) is 11.8 Å². The van der Waals surface area contributed by atoms with Crippen molar-refractivity contribution in [3.05, 3.63) is 77.6 Å². The summed E-state index contributed by atoms with van der Waals surface area (Å²) in [7, 11) is 3.35. The molecule has 1 fully saturated rings. The molecule has 1 aliphatic rings. The quantitative estimate of drug-likeness (QED) is 0.218. The summed E-state index contributed by atoms with van der Waals surface area (Å²) in [4.78, 5) is 32.0. The van der Waals surface area contributed by atoms with Crippen LogP contribution in [0, 0.1) is 11.8 Å². The molecule has 46 heavy (non-hydrogen) atoms.